The molecule has 0 aromatic carbocycles. The van der Waals surface area contributed by atoms with Crippen LogP contribution in [0, 0.1) is 13.8 Å². The molecule has 1 aromatic heterocycles. The molecular formula is C10H16ClN3O2S. The van der Waals surface area contributed by atoms with Crippen molar-refractivity contribution in [1.82, 2.24) is 9.97 Å². The Morgan fingerprint density at radius 2 is 1.82 bits per heavy atom. The summed E-state index contributed by atoms with van der Waals surface area (Å²) in [4.78, 5) is 8.37. The number of sulfone groups is 1. The van der Waals surface area contributed by atoms with Crippen LogP contribution in [0.15, 0.2) is 0 Å². The Kier molecular flexibility index (Phi) is 4.70. The van der Waals surface area contributed by atoms with E-state index in [2.05, 4.69) is 15.3 Å². The van der Waals surface area contributed by atoms with Crippen LogP contribution in [0.1, 0.15) is 17.8 Å². The summed E-state index contributed by atoms with van der Waals surface area (Å²) in [6, 6.07) is 0. The monoisotopic (exact) mass is 277 g/mol. The molecule has 0 saturated heterocycles. The van der Waals surface area contributed by atoms with Gasteiger partial charge in [0.25, 0.3) is 0 Å². The molecule has 1 aromatic rings. The molecule has 0 atom stereocenters. The molecule has 0 fully saturated rings. The van der Waals surface area contributed by atoms with E-state index in [1.807, 2.05) is 13.8 Å². The molecule has 1 rings (SSSR count). The van der Waals surface area contributed by atoms with E-state index in [4.69, 9.17) is 11.6 Å². The fourth-order valence-electron chi connectivity index (χ4n) is 1.23. The molecule has 1 N–H and O–H groups in total. The highest BCUT2D eigenvalue weighted by Gasteiger charge is 2.07. The first-order valence-electron chi connectivity index (χ1n) is 5.22. The van der Waals surface area contributed by atoms with Crippen LogP contribution in [-0.4, -0.2) is 36.9 Å². The molecular weight excluding hydrogens is 262 g/mol. The Hall–Kier alpha value is -0.880. The minimum absolute atomic E-state index is 0.149. The number of nitrogens with one attached hydrogen (secondary N) is 1. The van der Waals surface area contributed by atoms with Crippen molar-refractivity contribution >= 4 is 27.3 Å². The second-order valence-corrected chi connectivity index (χ2v) is 6.56. The smallest absolute Gasteiger partial charge is 0.171 e. The Morgan fingerprint density at radius 1 is 1.24 bits per heavy atom. The van der Waals surface area contributed by atoms with E-state index in [1.54, 1.807) is 0 Å². The van der Waals surface area contributed by atoms with Crippen LogP contribution < -0.4 is 5.32 Å². The summed E-state index contributed by atoms with van der Waals surface area (Å²) in [6.07, 6.45) is 1.74. The van der Waals surface area contributed by atoms with Gasteiger partial charge in [-0.2, -0.15) is 0 Å². The van der Waals surface area contributed by atoms with E-state index in [0.29, 0.717) is 23.9 Å². The third kappa shape index (κ3) is 4.87. The zero-order valence-electron chi connectivity index (χ0n) is 10.1. The number of nitrogens with zero attached hydrogens (tertiary/aromatic N) is 2. The first-order valence-corrected chi connectivity index (χ1v) is 7.66. The fraction of sp³-hybridized carbons (Fsp3) is 0.600. The summed E-state index contributed by atoms with van der Waals surface area (Å²) in [5.41, 5.74) is 1.59. The highest BCUT2D eigenvalue weighted by Crippen LogP contribution is 2.18. The van der Waals surface area contributed by atoms with Crippen LogP contribution in [0.5, 0.6) is 0 Å². The molecule has 0 aliphatic carbocycles. The highest BCUT2D eigenvalue weighted by atomic mass is 35.5. The lowest BCUT2D eigenvalue weighted by Crippen LogP contribution is -2.11. The van der Waals surface area contributed by atoms with Gasteiger partial charge in [0.2, 0.25) is 0 Å². The largest absolute Gasteiger partial charge is 0.367 e. The predicted octanol–water partition coefficient (Wildman–Crippen LogP) is 1.59. The van der Waals surface area contributed by atoms with Crippen LogP contribution in [0.4, 0.5) is 5.82 Å². The first-order chi connectivity index (χ1) is 7.79. The number of hydrogen-bond donors (Lipinski definition) is 1. The van der Waals surface area contributed by atoms with Gasteiger partial charge >= 0.3 is 0 Å². The lowest BCUT2D eigenvalue weighted by Gasteiger charge is -2.08. The molecule has 7 heteroatoms. The number of anilines is 1. The summed E-state index contributed by atoms with van der Waals surface area (Å²) in [5.74, 6) is 0.652. The topological polar surface area (TPSA) is 72.0 Å². The average Bonchev–Trinajstić information content (AvgIpc) is 2.18. The van der Waals surface area contributed by atoms with Gasteiger partial charge < -0.3 is 5.32 Å². The second kappa shape index (κ2) is 5.64. The standard InChI is InChI=1S/C10H16ClN3O2S/c1-7-8(2)14-10(9(11)13-7)12-5-4-6-17(3,15)16/h4-6H2,1-3H3,(H,12,14). The van der Waals surface area contributed by atoms with E-state index >= 15 is 0 Å². The zero-order valence-corrected chi connectivity index (χ0v) is 11.7. The van der Waals surface area contributed by atoms with E-state index in [0.717, 1.165) is 11.4 Å². The van der Waals surface area contributed by atoms with Crippen molar-refractivity contribution < 1.29 is 8.42 Å². The van der Waals surface area contributed by atoms with Gasteiger partial charge in [-0.25, -0.2) is 18.4 Å². The Balaban J connectivity index is 2.55. The van der Waals surface area contributed by atoms with E-state index in [9.17, 15) is 8.42 Å². The van der Waals surface area contributed by atoms with Gasteiger partial charge in [0, 0.05) is 12.8 Å². The molecule has 0 aliphatic rings. The number of halogens is 1. The van der Waals surface area contributed by atoms with Gasteiger partial charge in [0.15, 0.2) is 11.0 Å². The van der Waals surface area contributed by atoms with Gasteiger partial charge in [0.05, 0.1) is 17.1 Å². The van der Waals surface area contributed by atoms with E-state index < -0.39 is 9.84 Å². The van der Waals surface area contributed by atoms with Gasteiger partial charge in [-0.15, -0.1) is 0 Å². The molecule has 5 nitrogen and oxygen atoms in total. The first kappa shape index (κ1) is 14.2. The fourth-order valence-corrected chi connectivity index (χ4v) is 2.13. The minimum Gasteiger partial charge on any atom is -0.367 e. The number of aromatic nitrogens is 2. The van der Waals surface area contributed by atoms with Gasteiger partial charge in [-0.05, 0) is 20.3 Å². The summed E-state index contributed by atoms with van der Waals surface area (Å²) in [7, 11) is -2.91. The van der Waals surface area contributed by atoms with Crippen molar-refractivity contribution in [2.75, 3.05) is 23.9 Å². The third-order valence-electron chi connectivity index (χ3n) is 2.25. The van der Waals surface area contributed by atoms with E-state index in [1.165, 1.54) is 6.26 Å². The highest BCUT2D eigenvalue weighted by molar-refractivity contribution is 7.90. The summed E-state index contributed by atoms with van der Waals surface area (Å²) in [6.45, 7) is 4.19. The van der Waals surface area contributed by atoms with Crippen molar-refractivity contribution in [3.63, 3.8) is 0 Å². The van der Waals surface area contributed by atoms with Crippen LogP contribution in [-0.2, 0) is 9.84 Å². The molecule has 0 spiro atoms. The van der Waals surface area contributed by atoms with Crippen LogP contribution in [0.25, 0.3) is 0 Å². The lowest BCUT2D eigenvalue weighted by molar-refractivity contribution is 0.600. The minimum atomic E-state index is -2.91. The Bertz CT molecular complexity index is 503. The summed E-state index contributed by atoms with van der Waals surface area (Å²) < 4.78 is 21.9. The van der Waals surface area contributed by atoms with E-state index in [-0.39, 0.29) is 5.75 Å². The predicted molar refractivity (Wildman–Crippen MR) is 69.3 cm³/mol. The van der Waals surface area contributed by atoms with Gasteiger partial charge in [0.1, 0.15) is 9.84 Å². The Labute approximate surface area is 107 Å². The van der Waals surface area contributed by atoms with Gasteiger partial charge in [-0.3, -0.25) is 0 Å². The van der Waals surface area contributed by atoms with Gasteiger partial charge in [-0.1, -0.05) is 11.6 Å². The van der Waals surface area contributed by atoms with Crippen molar-refractivity contribution in [2.24, 2.45) is 0 Å². The SMILES string of the molecule is Cc1nc(Cl)c(NCCCS(C)(=O)=O)nc1C. The second-order valence-electron chi connectivity index (χ2n) is 3.94. The van der Waals surface area contributed by atoms with Crippen molar-refractivity contribution in [3.8, 4) is 0 Å². The normalized spacial score (nSPS) is 11.5. The maximum Gasteiger partial charge on any atom is 0.171 e. The third-order valence-corrected chi connectivity index (χ3v) is 3.54. The molecule has 0 unspecified atom stereocenters. The molecule has 0 saturated carbocycles. The van der Waals surface area contributed by atoms with Crippen molar-refractivity contribution in [1.29, 1.82) is 0 Å². The maximum absolute atomic E-state index is 10.9. The summed E-state index contributed by atoms with van der Waals surface area (Å²) in [5, 5.41) is 3.30. The summed E-state index contributed by atoms with van der Waals surface area (Å²) >= 11 is 5.92. The molecule has 1 heterocycles. The lowest BCUT2D eigenvalue weighted by atomic mass is 10.3. The zero-order chi connectivity index (χ0) is 13.1. The van der Waals surface area contributed by atoms with Crippen molar-refractivity contribution in [3.05, 3.63) is 16.5 Å². The van der Waals surface area contributed by atoms with Crippen LogP contribution in [0.3, 0.4) is 0 Å². The molecule has 0 amide bonds. The quantitative estimate of drug-likeness (QED) is 0.828. The number of hydrogen-bond acceptors (Lipinski definition) is 5. The number of aryl methyl sites for hydroxylation is 2. The maximum atomic E-state index is 10.9. The number of rotatable bonds is 5. The van der Waals surface area contributed by atoms with Crippen LogP contribution in [0.2, 0.25) is 5.15 Å². The average molecular weight is 278 g/mol. The Morgan fingerprint density at radius 3 is 2.41 bits per heavy atom. The van der Waals surface area contributed by atoms with Crippen molar-refractivity contribution in [2.45, 2.75) is 20.3 Å². The molecule has 0 aliphatic heterocycles. The molecule has 0 bridgehead atoms. The molecule has 17 heavy (non-hydrogen) atoms. The molecule has 96 valence electrons. The molecule has 0 radical (unpaired) electrons. The van der Waals surface area contributed by atoms with Crippen LogP contribution >= 0.6 is 11.6 Å².